The third-order valence-electron chi connectivity index (χ3n) is 3.24. The van der Waals surface area contributed by atoms with Crippen molar-refractivity contribution in [2.45, 2.75) is 32.4 Å². The Morgan fingerprint density at radius 1 is 1.16 bits per heavy atom. The molecule has 2 rings (SSSR count). The maximum atomic E-state index is 5.37. The summed E-state index contributed by atoms with van der Waals surface area (Å²) in [5.74, 6) is 1.90. The quantitative estimate of drug-likeness (QED) is 0.861. The Kier molecular flexibility index (Phi) is 4.63. The standard InChI is InChI=1S/C16H21NO2/c1-12(11-16-5-4-10-19-16)17-13(2)14-6-8-15(18-3)9-7-14/h4-10,12-13,17H,11H2,1-3H3. The van der Waals surface area contributed by atoms with Gasteiger partial charge in [-0.25, -0.2) is 0 Å². The van der Waals surface area contributed by atoms with E-state index in [9.17, 15) is 0 Å². The molecule has 2 atom stereocenters. The van der Waals surface area contributed by atoms with Crippen molar-refractivity contribution in [1.82, 2.24) is 5.32 Å². The minimum absolute atomic E-state index is 0.302. The Morgan fingerprint density at radius 3 is 2.47 bits per heavy atom. The van der Waals surface area contributed by atoms with Crippen molar-refractivity contribution < 1.29 is 9.15 Å². The molecule has 1 N–H and O–H groups in total. The van der Waals surface area contributed by atoms with Crippen molar-refractivity contribution in [2.24, 2.45) is 0 Å². The lowest BCUT2D eigenvalue weighted by Gasteiger charge is -2.20. The Morgan fingerprint density at radius 2 is 1.89 bits per heavy atom. The van der Waals surface area contributed by atoms with Gasteiger partial charge < -0.3 is 14.5 Å². The summed E-state index contributed by atoms with van der Waals surface area (Å²) in [5.41, 5.74) is 1.26. The van der Waals surface area contributed by atoms with Gasteiger partial charge in [0.05, 0.1) is 13.4 Å². The first-order valence-corrected chi connectivity index (χ1v) is 6.61. The fraction of sp³-hybridized carbons (Fsp3) is 0.375. The van der Waals surface area contributed by atoms with Crippen LogP contribution in [0, 0.1) is 0 Å². The molecular weight excluding hydrogens is 238 g/mol. The molecule has 1 heterocycles. The predicted octanol–water partition coefficient (Wildman–Crippen LogP) is 3.57. The molecular formula is C16H21NO2. The number of methoxy groups -OCH3 is 1. The molecule has 0 amide bonds. The number of furan rings is 1. The first kappa shape index (κ1) is 13.7. The SMILES string of the molecule is COc1ccc(C(C)NC(C)Cc2ccco2)cc1. The summed E-state index contributed by atoms with van der Waals surface area (Å²) in [6.45, 7) is 4.34. The maximum absolute atomic E-state index is 5.37. The van der Waals surface area contributed by atoms with E-state index in [1.54, 1.807) is 13.4 Å². The molecule has 1 aromatic heterocycles. The monoisotopic (exact) mass is 259 g/mol. The zero-order valence-corrected chi connectivity index (χ0v) is 11.7. The number of nitrogens with one attached hydrogen (secondary N) is 1. The highest BCUT2D eigenvalue weighted by Crippen LogP contribution is 2.18. The van der Waals surface area contributed by atoms with E-state index < -0.39 is 0 Å². The largest absolute Gasteiger partial charge is 0.497 e. The second-order valence-corrected chi connectivity index (χ2v) is 4.85. The van der Waals surface area contributed by atoms with E-state index in [-0.39, 0.29) is 0 Å². The lowest BCUT2D eigenvalue weighted by molar-refractivity contribution is 0.413. The van der Waals surface area contributed by atoms with E-state index in [0.717, 1.165) is 17.9 Å². The van der Waals surface area contributed by atoms with Gasteiger partial charge in [-0.2, -0.15) is 0 Å². The zero-order valence-electron chi connectivity index (χ0n) is 11.7. The highest BCUT2D eigenvalue weighted by atomic mass is 16.5. The molecule has 0 aliphatic rings. The number of hydrogen-bond donors (Lipinski definition) is 1. The molecule has 2 unspecified atom stereocenters. The van der Waals surface area contributed by atoms with Gasteiger partial charge in [-0.05, 0) is 43.7 Å². The van der Waals surface area contributed by atoms with Gasteiger partial charge in [-0.15, -0.1) is 0 Å². The zero-order chi connectivity index (χ0) is 13.7. The first-order chi connectivity index (χ1) is 9.19. The van der Waals surface area contributed by atoms with Crippen molar-refractivity contribution in [3.63, 3.8) is 0 Å². The fourth-order valence-electron chi connectivity index (χ4n) is 2.21. The van der Waals surface area contributed by atoms with Crippen molar-refractivity contribution in [1.29, 1.82) is 0 Å². The summed E-state index contributed by atoms with van der Waals surface area (Å²) in [5, 5.41) is 3.57. The van der Waals surface area contributed by atoms with Gasteiger partial charge in [0.1, 0.15) is 11.5 Å². The number of benzene rings is 1. The van der Waals surface area contributed by atoms with Crippen LogP contribution in [-0.4, -0.2) is 13.2 Å². The minimum atomic E-state index is 0.302. The second-order valence-electron chi connectivity index (χ2n) is 4.85. The molecule has 0 bridgehead atoms. The Hall–Kier alpha value is -1.74. The third-order valence-corrected chi connectivity index (χ3v) is 3.24. The van der Waals surface area contributed by atoms with Gasteiger partial charge in [0.2, 0.25) is 0 Å². The van der Waals surface area contributed by atoms with Gasteiger partial charge in [0.25, 0.3) is 0 Å². The van der Waals surface area contributed by atoms with Crippen molar-refractivity contribution in [2.75, 3.05) is 7.11 Å². The lowest BCUT2D eigenvalue weighted by atomic mass is 10.1. The summed E-state index contributed by atoms with van der Waals surface area (Å²) in [6, 6.07) is 12.8. The van der Waals surface area contributed by atoms with E-state index in [1.807, 2.05) is 24.3 Å². The number of ether oxygens (including phenoxy) is 1. The molecule has 19 heavy (non-hydrogen) atoms. The van der Waals surface area contributed by atoms with E-state index in [2.05, 4.69) is 31.3 Å². The maximum Gasteiger partial charge on any atom is 0.118 e. The normalized spacial score (nSPS) is 14.1. The predicted molar refractivity (Wildman–Crippen MR) is 76.4 cm³/mol. The minimum Gasteiger partial charge on any atom is -0.497 e. The third kappa shape index (κ3) is 3.86. The number of hydrogen-bond acceptors (Lipinski definition) is 3. The van der Waals surface area contributed by atoms with Gasteiger partial charge in [0.15, 0.2) is 0 Å². The molecule has 0 saturated carbocycles. The van der Waals surface area contributed by atoms with E-state index in [4.69, 9.17) is 9.15 Å². The highest BCUT2D eigenvalue weighted by molar-refractivity contribution is 5.28. The van der Waals surface area contributed by atoms with Crippen LogP contribution in [0.25, 0.3) is 0 Å². The summed E-state index contributed by atoms with van der Waals surface area (Å²) < 4.78 is 10.5. The van der Waals surface area contributed by atoms with E-state index in [0.29, 0.717) is 12.1 Å². The molecule has 3 nitrogen and oxygen atoms in total. The van der Waals surface area contributed by atoms with Crippen molar-refractivity contribution >= 4 is 0 Å². The number of rotatable bonds is 6. The van der Waals surface area contributed by atoms with Gasteiger partial charge >= 0.3 is 0 Å². The molecule has 0 aliphatic carbocycles. The van der Waals surface area contributed by atoms with Gasteiger partial charge in [0, 0.05) is 18.5 Å². The van der Waals surface area contributed by atoms with Gasteiger partial charge in [-0.3, -0.25) is 0 Å². The van der Waals surface area contributed by atoms with E-state index >= 15 is 0 Å². The van der Waals surface area contributed by atoms with Gasteiger partial charge in [-0.1, -0.05) is 12.1 Å². The average molecular weight is 259 g/mol. The van der Waals surface area contributed by atoms with Crippen molar-refractivity contribution in [3.05, 3.63) is 54.0 Å². The summed E-state index contributed by atoms with van der Waals surface area (Å²) in [6.07, 6.45) is 2.61. The van der Waals surface area contributed by atoms with Crippen LogP contribution in [-0.2, 0) is 6.42 Å². The lowest BCUT2D eigenvalue weighted by Crippen LogP contribution is -2.30. The van der Waals surface area contributed by atoms with Crippen LogP contribution >= 0.6 is 0 Å². The molecule has 0 aliphatic heterocycles. The smallest absolute Gasteiger partial charge is 0.118 e. The van der Waals surface area contributed by atoms with Crippen LogP contribution in [0.15, 0.2) is 47.1 Å². The summed E-state index contributed by atoms with van der Waals surface area (Å²) >= 11 is 0. The molecule has 0 fully saturated rings. The first-order valence-electron chi connectivity index (χ1n) is 6.61. The molecule has 102 valence electrons. The van der Waals surface area contributed by atoms with Crippen LogP contribution in [0.2, 0.25) is 0 Å². The Labute approximate surface area is 114 Å². The topological polar surface area (TPSA) is 34.4 Å². The fourth-order valence-corrected chi connectivity index (χ4v) is 2.21. The second kappa shape index (κ2) is 6.43. The average Bonchev–Trinajstić information content (AvgIpc) is 2.91. The van der Waals surface area contributed by atoms with Crippen LogP contribution in [0.5, 0.6) is 5.75 Å². The highest BCUT2D eigenvalue weighted by Gasteiger charge is 2.11. The molecule has 2 aromatic rings. The van der Waals surface area contributed by atoms with Crippen LogP contribution in [0.4, 0.5) is 0 Å². The van der Waals surface area contributed by atoms with Crippen LogP contribution < -0.4 is 10.1 Å². The van der Waals surface area contributed by atoms with Crippen molar-refractivity contribution in [3.8, 4) is 5.75 Å². The Balaban J connectivity index is 1.90. The Bertz CT molecular complexity index is 476. The summed E-state index contributed by atoms with van der Waals surface area (Å²) in [4.78, 5) is 0. The molecule has 3 heteroatoms. The molecule has 1 aromatic carbocycles. The molecule has 0 radical (unpaired) electrons. The summed E-state index contributed by atoms with van der Waals surface area (Å²) in [7, 11) is 1.68. The van der Waals surface area contributed by atoms with Crippen LogP contribution in [0.1, 0.15) is 31.2 Å². The molecule has 0 spiro atoms. The molecule has 0 saturated heterocycles. The van der Waals surface area contributed by atoms with E-state index in [1.165, 1.54) is 5.56 Å². The van der Waals surface area contributed by atoms with Crippen LogP contribution in [0.3, 0.4) is 0 Å².